The second-order valence-corrected chi connectivity index (χ2v) is 4.60. The molecule has 0 saturated carbocycles. The molecule has 0 aliphatic heterocycles. The number of ether oxygens (including phenoxy) is 1. The van der Waals surface area contributed by atoms with Crippen molar-refractivity contribution in [3.05, 3.63) is 42.0 Å². The second-order valence-electron chi connectivity index (χ2n) is 4.60. The van der Waals surface area contributed by atoms with Gasteiger partial charge in [-0.15, -0.1) is 6.58 Å². The zero-order valence-corrected chi connectivity index (χ0v) is 11.1. The lowest BCUT2D eigenvalue weighted by Crippen LogP contribution is -2.27. The fraction of sp³-hybridized carbons (Fsp3) is 0.467. The molecule has 0 heterocycles. The molecule has 1 aromatic carbocycles. The maximum atomic E-state index is 5.73. The molecule has 2 heteroatoms. The molecule has 1 unspecified atom stereocenters. The Morgan fingerprint density at radius 3 is 2.82 bits per heavy atom. The van der Waals surface area contributed by atoms with Gasteiger partial charge in [-0.1, -0.05) is 17.7 Å². The zero-order chi connectivity index (χ0) is 12.7. The van der Waals surface area contributed by atoms with Crippen LogP contribution in [0.15, 0.2) is 36.4 Å². The van der Waals surface area contributed by atoms with E-state index in [0.717, 1.165) is 25.2 Å². The van der Waals surface area contributed by atoms with E-state index >= 15 is 0 Å². The van der Waals surface area contributed by atoms with Gasteiger partial charge in [-0.3, -0.25) is 0 Å². The lowest BCUT2D eigenvalue weighted by Gasteiger charge is -2.16. The molecule has 0 aliphatic rings. The summed E-state index contributed by atoms with van der Waals surface area (Å²) in [4.78, 5) is 0. The standard InChI is InChI=1S/C15H23NO/c1-12(2)10-14(16-4)8-9-17-15-7-5-6-13(3)11-15/h5-7,11,14,16H,1,8-10H2,2-4H3. The number of aryl methyl sites for hydroxylation is 1. The highest BCUT2D eigenvalue weighted by molar-refractivity contribution is 5.27. The van der Waals surface area contributed by atoms with Crippen LogP contribution < -0.4 is 10.1 Å². The molecular formula is C15H23NO. The molecule has 1 rings (SSSR count). The second kappa shape index (κ2) is 7.13. The summed E-state index contributed by atoms with van der Waals surface area (Å²) in [5.41, 5.74) is 2.44. The maximum absolute atomic E-state index is 5.73. The van der Waals surface area contributed by atoms with E-state index in [-0.39, 0.29) is 0 Å². The third-order valence-corrected chi connectivity index (χ3v) is 2.73. The van der Waals surface area contributed by atoms with E-state index in [1.54, 1.807) is 0 Å². The van der Waals surface area contributed by atoms with Crippen LogP contribution in [0.5, 0.6) is 5.75 Å². The van der Waals surface area contributed by atoms with Crippen LogP contribution in [0, 0.1) is 6.92 Å². The third kappa shape index (κ3) is 5.55. The maximum Gasteiger partial charge on any atom is 0.119 e. The van der Waals surface area contributed by atoms with Crippen LogP contribution >= 0.6 is 0 Å². The average Bonchev–Trinajstić information content (AvgIpc) is 2.27. The summed E-state index contributed by atoms with van der Waals surface area (Å²) in [5.74, 6) is 0.954. The van der Waals surface area contributed by atoms with Gasteiger partial charge in [0.15, 0.2) is 0 Å². The van der Waals surface area contributed by atoms with Crippen molar-refractivity contribution >= 4 is 0 Å². The van der Waals surface area contributed by atoms with Gasteiger partial charge in [0, 0.05) is 6.04 Å². The molecule has 0 aromatic heterocycles. The van der Waals surface area contributed by atoms with Crippen LogP contribution in [0.25, 0.3) is 0 Å². The molecule has 1 atom stereocenters. The third-order valence-electron chi connectivity index (χ3n) is 2.73. The summed E-state index contributed by atoms with van der Waals surface area (Å²) in [7, 11) is 1.99. The number of nitrogens with one attached hydrogen (secondary N) is 1. The molecule has 0 spiro atoms. The summed E-state index contributed by atoms with van der Waals surface area (Å²) in [6, 6.07) is 8.61. The van der Waals surface area contributed by atoms with Crippen molar-refractivity contribution in [2.75, 3.05) is 13.7 Å². The number of hydrogen-bond acceptors (Lipinski definition) is 2. The zero-order valence-electron chi connectivity index (χ0n) is 11.1. The molecule has 2 nitrogen and oxygen atoms in total. The van der Waals surface area contributed by atoms with Gasteiger partial charge in [0.2, 0.25) is 0 Å². The predicted octanol–water partition coefficient (Wildman–Crippen LogP) is 3.32. The molecule has 17 heavy (non-hydrogen) atoms. The Balaban J connectivity index is 2.33. The Bertz CT molecular complexity index is 360. The van der Waals surface area contributed by atoms with Crippen LogP contribution in [-0.2, 0) is 0 Å². The highest BCUT2D eigenvalue weighted by Gasteiger charge is 2.06. The fourth-order valence-electron chi connectivity index (χ4n) is 1.79. The van der Waals surface area contributed by atoms with Crippen LogP contribution in [0.2, 0.25) is 0 Å². The van der Waals surface area contributed by atoms with E-state index in [1.807, 2.05) is 19.2 Å². The van der Waals surface area contributed by atoms with Crippen LogP contribution in [0.4, 0.5) is 0 Å². The van der Waals surface area contributed by atoms with E-state index < -0.39 is 0 Å². The Morgan fingerprint density at radius 1 is 1.47 bits per heavy atom. The van der Waals surface area contributed by atoms with Gasteiger partial charge in [0.25, 0.3) is 0 Å². The summed E-state index contributed by atoms with van der Waals surface area (Å²) >= 11 is 0. The number of hydrogen-bond donors (Lipinski definition) is 1. The van der Waals surface area contributed by atoms with Gasteiger partial charge < -0.3 is 10.1 Å². The van der Waals surface area contributed by atoms with Crippen molar-refractivity contribution in [2.24, 2.45) is 0 Å². The fourth-order valence-corrected chi connectivity index (χ4v) is 1.79. The van der Waals surface area contributed by atoms with E-state index in [0.29, 0.717) is 6.04 Å². The summed E-state index contributed by atoms with van der Waals surface area (Å²) < 4.78 is 5.73. The van der Waals surface area contributed by atoms with Gasteiger partial charge in [-0.2, -0.15) is 0 Å². The quantitative estimate of drug-likeness (QED) is 0.729. The van der Waals surface area contributed by atoms with Gasteiger partial charge in [0.05, 0.1) is 6.61 Å². The molecule has 0 bridgehead atoms. The number of benzene rings is 1. The van der Waals surface area contributed by atoms with E-state index in [4.69, 9.17) is 4.74 Å². The summed E-state index contributed by atoms with van der Waals surface area (Å²) in [6.07, 6.45) is 2.00. The van der Waals surface area contributed by atoms with E-state index in [9.17, 15) is 0 Å². The normalized spacial score (nSPS) is 12.2. The van der Waals surface area contributed by atoms with Crippen molar-refractivity contribution in [1.29, 1.82) is 0 Å². The topological polar surface area (TPSA) is 21.3 Å². The largest absolute Gasteiger partial charge is 0.494 e. The van der Waals surface area contributed by atoms with E-state index in [1.165, 1.54) is 11.1 Å². The van der Waals surface area contributed by atoms with Gasteiger partial charge in [-0.25, -0.2) is 0 Å². The van der Waals surface area contributed by atoms with Crippen molar-refractivity contribution in [1.82, 2.24) is 5.32 Å². The summed E-state index contributed by atoms with van der Waals surface area (Å²) in [5, 5.41) is 3.29. The molecule has 0 radical (unpaired) electrons. The molecule has 0 aliphatic carbocycles. The Labute approximate surface area is 105 Å². The average molecular weight is 233 g/mol. The molecule has 1 N–H and O–H groups in total. The first-order valence-corrected chi connectivity index (χ1v) is 6.13. The lowest BCUT2D eigenvalue weighted by molar-refractivity contribution is 0.288. The molecule has 94 valence electrons. The molecular weight excluding hydrogens is 210 g/mol. The van der Waals surface area contributed by atoms with Gasteiger partial charge in [-0.05, 0) is 51.4 Å². The Morgan fingerprint density at radius 2 is 2.24 bits per heavy atom. The molecule has 0 fully saturated rings. The lowest BCUT2D eigenvalue weighted by atomic mass is 10.1. The minimum Gasteiger partial charge on any atom is -0.494 e. The van der Waals surface area contributed by atoms with Gasteiger partial charge >= 0.3 is 0 Å². The smallest absolute Gasteiger partial charge is 0.119 e. The minimum absolute atomic E-state index is 0.456. The van der Waals surface area contributed by atoms with Crippen molar-refractivity contribution < 1.29 is 4.74 Å². The highest BCUT2D eigenvalue weighted by Crippen LogP contribution is 2.13. The monoisotopic (exact) mass is 233 g/mol. The minimum atomic E-state index is 0.456. The van der Waals surface area contributed by atoms with Crippen LogP contribution in [-0.4, -0.2) is 19.7 Å². The summed E-state index contributed by atoms with van der Waals surface area (Å²) in [6.45, 7) is 8.81. The van der Waals surface area contributed by atoms with Gasteiger partial charge in [0.1, 0.15) is 5.75 Å². The Hall–Kier alpha value is -1.28. The first-order chi connectivity index (χ1) is 8.11. The first-order valence-electron chi connectivity index (χ1n) is 6.13. The number of rotatable bonds is 7. The van der Waals surface area contributed by atoms with Crippen molar-refractivity contribution in [3.8, 4) is 5.75 Å². The molecule has 0 amide bonds. The predicted molar refractivity (Wildman–Crippen MR) is 73.6 cm³/mol. The SMILES string of the molecule is C=C(C)CC(CCOc1cccc(C)c1)NC. The molecule has 0 saturated heterocycles. The molecule has 1 aromatic rings. The van der Waals surface area contributed by atoms with Crippen LogP contribution in [0.3, 0.4) is 0 Å². The Kier molecular flexibility index (Phi) is 5.78. The highest BCUT2D eigenvalue weighted by atomic mass is 16.5. The van der Waals surface area contributed by atoms with Crippen LogP contribution in [0.1, 0.15) is 25.3 Å². The van der Waals surface area contributed by atoms with Crippen molar-refractivity contribution in [3.63, 3.8) is 0 Å². The van der Waals surface area contributed by atoms with Crippen molar-refractivity contribution in [2.45, 2.75) is 32.7 Å². The first kappa shape index (κ1) is 13.8. The van der Waals surface area contributed by atoms with E-state index in [2.05, 4.69) is 37.9 Å².